The molecule has 0 radical (unpaired) electrons. The van der Waals surface area contributed by atoms with Gasteiger partial charge in [-0.25, -0.2) is 4.39 Å². The van der Waals surface area contributed by atoms with Gasteiger partial charge in [-0.15, -0.1) is 0 Å². The third-order valence-corrected chi connectivity index (χ3v) is 4.18. The number of anilines is 2. The molecule has 0 aliphatic carbocycles. The Bertz CT molecular complexity index is 528. The molecular formula is C13H14FIN2S. The van der Waals surface area contributed by atoms with E-state index in [-0.39, 0.29) is 11.9 Å². The number of halogens is 2. The minimum atomic E-state index is -0.241. The summed E-state index contributed by atoms with van der Waals surface area (Å²) in [5, 5.41) is 7.43. The maximum atomic E-state index is 13.5. The molecule has 96 valence electrons. The van der Waals surface area contributed by atoms with Crippen molar-refractivity contribution in [3.05, 3.63) is 43.9 Å². The number of nitrogens with one attached hydrogen (secondary N) is 1. The van der Waals surface area contributed by atoms with Crippen molar-refractivity contribution in [1.29, 1.82) is 0 Å². The molecule has 18 heavy (non-hydrogen) atoms. The van der Waals surface area contributed by atoms with Crippen molar-refractivity contribution < 1.29 is 4.39 Å². The zero-order valence-corrected chi connectivity index (χ0v) is 12.9. The molecule has 5 heteroatoms. The highest BCUT2D eigenvalue weighted by Gasteiger charge is 2.09. The van der Waals surface area contributed by atoms with Crippen molar-refractivity contribution in [2.24, 2.45) is 0 Å². The molecule has 2 aromatic rings. The molecule has 2 rings (SSSR count). The zero-order valence-electron chi connectivity index (χ0n) is 9.91. The first-order valence-corrected chi connectivity index (χ1v) is 7.60. The van der Waals surface area contributed by atoms with Gasteiger partial charge in [-0.2, -0.15) is 11.3 Å². The monoisotopic (exact) mass is 376 g/mol. The average Bonchev–Trinajstić information content (AvgIpc) is 2.78. The molecule has 1 aromatic heterocycles. The highest BCUT2D eigenvalue weighted by atomic mass is 127. The van der Waals surface area contributed by atoms with Crippen molar-refractivity contribution in [3.63, 3.8) is 0 Å². The molecule has 2 nitrogen and oxygen atoms in total. The summed E-state index contributed by atoms with van der Waals surface area (Å²) in [6, 6.07) is 5.42. The van der Waals surface area contributed by atoms with E-state index in [1.54, 1.807) is 17.4 Å². The van der Waals surface area contributed by atoms with Crippen LogP contribution in [0.1, 0.15) is 12.5 Å². The maximum Gasteiger partial charge on any atom is 0.138 e. The van der Waals surface area contributed by atoms with Gasteiger partial charge < -0.3 is 11.1 Å². The normalized spacial score (nSPS) is 12.4. The van der Waals surface area contributed by atoms with Gasteiger partial charge in [0.25, 0.3) is 0 Å². The molecule has 1 aromatic carbocycles. The van der Waals surface area contributed by atoms with E-state index in [0.29, 0.717) is 14.9 Å². The number of benzene rings is 1. The van der Waals surface area contributed by atoms with E-state index >= 15 is 0 Å². The van der Waals surface area contributed by atoms with Crippen LogP contribution in [0.2, 0.25) is 0 Å². The summed E-state index contributed by atoms with van der Waals surface area (Å²) in [5.41, 5.74) is 8.41. The van der Waals surface area contributed by atoms with Crippen LogP contribution >= 0.6 is 33.9 Å². The molecule has 0 saturated heterocycles. The second kappa shape index (κ2) is 5.88. The first-order chi connectivity index (χ1) is 8.56. The third kappa shape index (κ3) is 3.35. The van der Waals surface area contributed by atoms with Gasteiger partial charge in [-0.05, 0) is 64.4 Å². The lowest BCUT2D eigenvalue weighted by Gasteiger charge is -2.16. The van der Waals surface area contributed by atoms with Crippen LogP contribution in [0.4, 0.5) is 15.8 Å². The fourth-order valence-corrected chi connectivity index (χ4v) is 2.94. The first-order valence-electron chi connectivity index (χ1n) is 5.58. The molecule has 3 N–H and O–H groups in total. The Morgan fingerprint density at radius 2 is 2.28 bits per heavy atom. The molecular weight excluding hydrogens is 362 g/mol. The van der Waals surface area contributed by atoms with E-state index in [2.05, 4.69) is 29.1 Å². The summed E-state index contributed by atoms with van der Waals surface area (Å²) in [5.74, 6) is -0.241. The fraction of sp³-hybridized carbons (Fsp3) is 0.231. The van der Waals surface area contributed by atoms with Crippen LogP contribution in [0.25, 0.3) is 0 Å². The van der Waals surface area contributed by atoms with Gasteiger partial charge >= 0.3 is 0 Å². The molecule has 0 aliphatic rings. The lowest BCUT2D eigenvalue weighted by atomic mass is 10.1. The quantitative estimate of drug-likeness (QED) is 0.623. The number of rotatable bonds is 4. The topological polar surface area (TPSA) is 38.0 Å². The van der Waals surface area contributed by atoms with Crippen LogP contribution in [0.5, 0.6) is 0 Å². The molecule has 0 fully saturated rings. The SMILES string of the molecule is CC(Cc1ccsc1)Nc1cc(F)c(I)cc1N. The van der Waals surface area contributed by atoms with Gasteiger partial charge in [0, 0.05) is 12.1 Å². The summed E-state index contributed by atoms with van der Waals surface area (Å²) in [6.07, 6.45) is 0.899. The van der Waals surface area contributed by atoms with E-state index in [1.165, 1.54) is 11.6 Å². The molecule has 0 saturated carbocycles. The van der Waals surface area contributed by atoms with Gasteiger partial charge in [-0.3, -0.25) is 0 Å². The van der Waals surface area contributed by atoms with Crippen LogP contribution in [0, 0.1) is 9.39 Å². The second-order valence-corrected chi connectivity index (χ2v) is 6.18. The minimum Gasteiger partial charge on any atom is -0.397 e. The minimum absolute atomic E-state index is 0.210. The largest absolute Gasteiger partial charge is 0.397 e. The maximum absolute atomic E-state index is 13.5. The zero-order chi connectivity index (χ0) is 13.1. The van der Waals surface area contributed by atoms with E-state index in [9.17, 15) is 4.39 Å². The lowest BCUT2D eigenvalue weighted by molar-refractivity contribution is 0.620. The first kappa shape index (κ1) is 13.6. The number of nitrogen functional groups attached to an aromatic ring is 1. The van der Waals surface area contributed by atoms with E-state index < -0.39 is 0 Å². The van der Waals surface area contributed by atoms with Crippen molar-refractivity contribution in [2.75, 3.05) is 11.1 Å². The number of hydrogen-bond acceptors (Lipinski definition) is 3. The predicted molar refractivity (Wildman–Crippen MR) is 84.6 cm³/mol. The molecule has 0 amide bonds. The van der Waals surface area contributed by atoms with Gasteiger partial charge in [0.1, 0.15) is 5.82 Å². The Labute approximate surface area is 124 Å². The van der Waals surface area contributed by atoms with Crippen LogP contribution in [-0.2, 0) is 6.42 Å². The van der Waals surface area contributed by atoms with Crippen LogP contribution in [0.3, 0.4) is 0 Å². The number of hydrogen-bond donors (Lipinski definition) is 2. The summed E-state index contributed by atoms with van der Waals surface area (Å²) < 4.78 is 14.0. The Kier molecular flexibility index (Phi) is 4.45. The third-order valence-electron chi connectivity index (χ3n) is 2.62. The molecule has 1 heterocycles. The average molecular weight is 376 g/mol. The van der Waals surface area contributed by atoms with Gasteiger partial charge in [-0.1, -0.05) is 0 Å². The van der Waals surface area contributed by atoms with E-state index in [0.717, 1.165) is 6.42 Å². The highest BCUT2D eigenvalue weighted by molar-refractivity contribution is 14.1. The summed E-state index contributed by atoms with van der Waals surface area (Å²) in [4.78, 5) is 0. The Hall–Kier alpha value is -0.820. The van der Waals surface area contributed by atoms with Crippen molar-refractivity contribution in [1.82, 2.24) is 0 Å². The molecule has 0 bridgehead atoms. The Balaban J connectivity index is 2.07. The smallest absolute Gasteiger partial charge is 0.138 e. The van der Waals surface area contributed by atoms with Crippen LogP contribution < -0.4 is 11.1 Å². The molecule has 0 aliphatic heterocycles. The van der Waals surface area contributed by atoms with Gasteiger partial charge in [0.2, 0.25) is 0 Å². The fourth-order valence-electron chi connectivity index (χ4n) is 1.77. The predicted octanol–water partition coefficient (Wildman–Crippen LogP) is 4.12. The van der Waals surface area contributed by atoms with Crippen LogP contribution in [0.15, 0.2) is 29.0 Å². The van der Waals surface area contributed by atoms with Crippen molar-refractivity contribution in [3.8, 4) is 0 Å². The summed E-state index contributed by atoms with van der Waals surface area (Å²) in [7, 11) is 0. The Morgan fingerprint density at radius 1 is 1.50 bits per heavy atom. The number of nitrogens with two attached hydrogens (primary N) is 1. The molecule has 1 unspecified atom stereocenters. The summed E-state index contributed by atoms with van der Waals surface area (Å²) >= 11 is 3.62. The van der Waals surface area contributed by atoms with Gasteiger partial charge in [0.05, 0.1) is 14.9 Å². The number of thiophene rings is 1. The van der Waals surface area contributed by atoms with Crippen molar-refractivity contribution in [2.45, 2.75) is 19.4 Å². The second-order valence-electron chi connectivity index (χ2n) is 4.23. The van der Waals surface area contributed by atoms with Gasteiger partial charge in [0.15, 0.2) is 0 Å². The molecule has 1 atom stereocenters. The summed E-state index contributed by atoms with van der Waals surface area (Å²) in [6.45, 7) is 2.06. The van der Waals surface area contributed by atoms with E-state index in [4.69, 9.17) is 5.73 Å². The van der Waals surface area contributed by atoms with Crippen LogP contribution in [-0.4, -0.2) is 6.04 Å². The van der Waals surface area contributed by atoms with Crippen molar-refractivity contribution >= 4 is 45.3 Å². The molecule has 0 spiro atoms. The highest BCUT2D eigenvalue weighted by Crippen LogP contribution is 2.25. The Morgan fingerprint density at radius 3 is 2.94 bits per heavy atom. The standard InChI is InChI=1S/C13H14FIN2S/c1-8(4-9-2-3-18-7-9)17-13-5-10(14)11(15)6-12(13)16/h2-3,5-8,17H,4,16H2,1H3. The lowest BCUT2D eigenvalue weighted by Crippen LogP contribution is -2.18. The van der Waals surface area contributed by atoms with E-state index in [1.807, 2.05) is 22.6 Å².